The predicted octanol–water partition coefficient (Wildman–Crippen LogP) is 7.89. The summed E-state index contributed by atoms with van der Waals surface area (Å²) in [5.41, 5.74) is 3.93. The number of fused-ring (bicyclic) bond motifs is 1. The number of amides is 2. The van der Waals surface area contributed by atoms with Gasteiger partial charge in [-0.2, -0.15) is 0 Å². The fourth-order valence-corrected chi connectivity index (χ4v) is 4.82. The van der Waals surface area contributed by atoms with Crippen LogP contribution in [-0.2, 0) is 6.54 Å². The van der Waals surface area contributed by atoms with Gasteiger partial charge in [0.2, 0.25) is 0 Å². The fraction of sp³-hybridized carbons (Fsp3) is 0.323. The maximum atomic E-state index is 14.3. The predicted molar refractivity (Wildman–Crippen MR) is 154 cm³/mol. The van der Waals surface area contributed by atoms with E-state index in [1.54, 1.807) is 29.0 Å². The number of hydrogen-bond acceptors (Lipinski definition) is 3. The van der Waals surface area contributed by atoms with Gasteiger partial charge in [0.1, 0.15) is 17.2 Å². The number of urea groups is 1. The number of pyridine rings is 2. The molecule has 0 aliphatic heterocycles. The Morgan fingerprint density at radius 3 is 2.24 bits per heavy atom. The van der Waals surface area contributed by atoms with Crippen molar-refractivity contribution in [3.8, 4) is 11.1 Å². The lowest BCUT2D eigenvalue weighted by Crippen LogP contribution is -2.30. The van der Waals surface area contributed by atoms with Gasteiger partial charge in [-0.25, -0.2) is 14.2 Å². The van der Waals surface area contributed by atoms with E-state index in [1.165, 1.54) is 12.1 Å². The maximum absolute atomic E-state index is 14.3. The molecule has 0 atom stereocenters. The number of nitrogens with one attached hydrogen (secondary N) is 2. The summed E-state index contributed by atoms with van der Waals surface area (Å²) in [6, 6.07) is 15.1. The van der Waals surface area contributed by atoms with Crippen LogP contribution >= 0.6 is 0 Å². The Morgan fingerprint density at radius 1 is 0.947 bits per heavy atom. The van der Waals surface area contributed by atoms with Gasteiger partial charge in [-0.3, -0.25) is 9.36 Å². The largest absolute Gasteiger partial charge is 0.323 e. The molecule has 0 saturated carbocycles. The lowest BCUT2D eigenvalue weighted by molar-refractivity contribution is 0.262. The number of carbonyl (C=O) groups is 1. The average Bonchev–Trinajstić information content (AvgIpc) is 2.88. The van der Waals surface area contributed by atoms with E-state index in [2.05, 4.69) is 43.3 Å². The van der Waals surface area contributed by atoms with Gasteiger partial charge in [0.15, 0.2) is 0 Å². The molecule has 0 bridgehead atoms. The van der Waals surface area contributed by atoms with E-state index < -0.39 is 11.8 Å². The van der Waals surface area contributed by atoms with E-state index in [9.17, 15) is 14.0 Å². The number of hydrogen-bond donors (Lipinski definition) is 2. The summed E-state index contributed by atoms with van der Waals surface area (Å²) in [6.45, 7) is 10.8. The highest BCUT2D eigenvalue weighted by Gasteiger charge is 2.22. The zero-order chi connectivity index (χ0) is 27.4. The van der Waals surface area contributed by atoms with Crippen molar-refractivity contribution < 1.29 is 9.18 Å². The number of benzene rings is 2. The van der Waals surface area contributed by atoms with Crippen molar-refractivity contribution >= 4 is 28.4 Å². The number of anilines is 2. The zero-order valence-corrected chi connectivity index (χ0v) is 22.6. The molecular weight excluding hydrogens is 479 g/mol. The summed E-state index contributed by atoms with van der Waals surface area (Å²) >= 11 is 0. The molecule has 38 heavy (non-hydrogen) atoms. The Morgan fingerprint density at radius 2 is 1.61 bits per heavy atom. The molecule has 2 amide bonds. The van der Waals surface area contributed by atoms with Gasteiger partial charge in [0, 0.05) is 29.4 Å². The zero-order valence-electron chi connectivity index (χ0n) is 22.6. The van der Waals surface area contributed by atoms with Gasteiger partial charge in [-0.1, -0.05) is 71.4 Å². The minimum absolute atomic E-state index is 0.0952. The number of unbranched alkanes of at least 4 members (excludes halogenated alkanes) is 1. The van der Waals surface area contributed by atoms with Crippen molar-refractivity contribution in [1.82, 2.24) is 9.55 Å². The third kappa shape index (κ3) is 5.47. The van der Waals surface area contributed by atoms with Crippen LogP contribution in [0.15, 0.2) is 65.6 Å². The van der Waals surface area contributed by atoms with Gasteiger partial charge in [-0.05, 0) is 59.2 Å². The first-order valence-corrected chi connectivity index (χ1v) is 13.2. The van der Waals surface area contributed by atoms with Crippen molar-refractivity contribution in [2.24, 2.45) is 0 Å². The summed E-state index contributed by atoms with van der Waals surface area (Å²) in [6.07, 6.45) is 3.30. The summed E-state index contributed by atoms with van der Waals surface area (Å²) in [4.78, 5) is 31.9. The number of aryl methyl sites for hydroxylation is 1. The highest BCUT2D eigenvalue weighted by Crippen LogP contribution is 2.35. The highest BCUT2D eigenvalue weighted by molar-refractivity contribution is 6.07. The SMILES string of the molecule is CCCCn1c(=O)c(NC(=O)Nc2c(C(C)C)cccc2C(C)C)c(-c2cccc(F)c2)c2cccnc21. The molecule has 4 rings (SSSR count). The highest BCUT2D eigenvalue weighted by atomic mass is 19.1. The van der Waals surface area contributed by atoms with Gasteiger partial charge in [0.05, 0.1) is 0 Å². The standard InChI is InChI=1S/C31H35FN4O2/c1-6-7-17-36-29-25(15-10-16-33-29)26(21-11-8-12-22(32)18-21)28(30(36)37)35-31(38)34-27-23(19(2)3)13-9-14-24(27)20(4)5/h8-16,18-20H,6-7,17H2,1-5H3,(H2,34,35,38). The summed E-state index contributed by atoms with van der Waals surface area (Å²) in [7, 11) is 0. The molecule has 0 aliphatic rings. The topological polar surface area (TPSA) is 76.0 Å². The molecule has 7 heteroatoms. The van der Waals surface area contributed by atoms with E-state index in [1.807, 2.05) is 31.2 Å². The molecule has 2 aromatic heterocycles. The van der Waals surface area contributed by atoms with Gasteiger partial charge in [-0.15, -0.1) is 0 Å². The summed E-state index contributed by atoms with van der Waals surface area (Å²) in [5, 5.41) is 6.54. The van der Waals surface area contributed by atoms with Crippen LogP contribution in [-0.4, -0.2) is 15.6 Å². The van der Waals surface area contributed by atoms with Crippen LogP contribution in [0.4, 0.5) is 20.6 Å². The second-order valence-corrected chi connectivity index (χ2v) is 10.1. The molecule has 2 heterocycles. The lowest BCUT2D eigenvalue weighted by atomic mass is 9.93. The molecule has 0 aliphatic carbocycles. The molecule has 0 spiro atoms. The molecule has 0 unspecified atom stereocenters. The van der Waals surface area contributed by atoms with E-state index >= 15 is 0 Å². The number of para-hydroxylation sites is 1. The van der Waals surface area contributed by atoms with Crippen LogP contribution in [0.25, 0.3) is 22.2 Å². The van der Waals surface area contributed by atoms with E-state index in [4.69, 9.17) is 0 Å². The second-order valence-electron chi connectivity index (χ2n) is 10.1. The second kappa shape index (κ2) is 11.6. The van der Waals surface area contributed by atoms with E-state index in [0.717, 1.165) is 29.7 Å². The number of rotatable bonds is 8. The van der Waals surface area contributed by atoms with Crippen LogP contribution in [0.2, 0.25) is 0 Å². The van der Waals surface area contributed by atoms with Crippen LogP contribution in [0, 0.1) is 5.82 Å². The van der Waals surface area contributed by atoms with Crippen molar-refractivity contribution in [3.05, 3.63) is 88.1 Å². The Kier molecular flexibility index (Phi) is 8.25. The van der Waals surface area contributed by atoms with Crippen molar-refractivity contribution in [2.75, 3.05) is 10.6 Å². The Labute approximate surface area is 222 Å². The summed E-state index contributed by atoms with van der Waals surface area (Å²) in [5.74, 6) is -0.0627. The van der Waals surface area contributed by atoms with Crippen molar-refractivity contribution in [2.45, 2.75) is 65.8 Å². The fourth-order valence-electron chi connectivity index (χ4n) is 4.82. The first-order valence-electron chi connectivity index (χ1n) is 13.2. The first kappa shape index (κ1) is 27.0. The normalized spacial score (nSPS) is 11.4. The maximum Gasteiger partial charge on any atom is 0.323 e. The lowest BCUT2D eigenvalue weighted by Gasteiger charge is -2.21. The number of aromatic nitrogens is 2. The molecular formula is C31H35FN4O2. The molecule has 4 aromatic rings. The third-order valence-electron chi connectivity index (χ3n) is 6.72. The molecule has 0 radical (unpaired) electrons. The van der Waals surface area contributed by atoms with Gasteiger partial charge in [0.25, 0.3) is 5.56 Å². The monoisotopic (exact) mass is 514 g/mol. The molecule has 198 valence electrons. The first-order chi connectivity index (χ1) is 18.2. The number of halogens is 1. The van der Waals surface area contributed by atoms with Crippen LogP contribution in [0.5, 0.6) is 0 Å². The van der Waals surface area contributed by atoms with Crippen LogP contribution < -0.4 is 16.2 Å². The Hall–Kier alpha value is -4.00. The average molecular weight is 515 g/mol. The minimum atomic E-state index is -0.528. The molecule has 6 nitrogen and oxygen atoms in total. The third-order valence-corrected chi connectivity index (χ3v) is 6.72. The quantitative estimate of drug-likeness (QED) is 0.251. The molecule has 0 fully saturated rings. The Balaban J connectivity index is 1.89. The van der Waals surface area contributed by atoms with E-state index in [-0.39, 0.29) is 23.1 Å². The van der Waals surface area contributed by atoms with Crippen LogP contribution in [0.3, 0.4) is 0 Å². The van der Waals surface area contributed by atoms with E-state index in [0.29, 0.717) is 28.7 Å². The number of carbonyl (C=O) groups excluding carboxylic acids is 1. The molecule has 0 saturated heterocycles. The molecule has 2 N–H and O–H groups in total. The Bertz CT molecular complexity index is 1500. The smallest absolute Gasteiger partial charge is 0.307 e. The van der Waals surface area contributed by atoms with Gasteiger partial charge >= 0.3 is 6.03 Å². The van der Waals surface area contributed by atoms with Gasteiger partial charge < -0.3 is 10.6 Å². The van der Waals surface area contributed by atoms with Crippen molar-refractivity contribution in [1.29, 1.82) is 0 Å². The summed E-state index contributed by atoms with van der Waals surface area (Å²) < 4.78 is 15.9. The minimum Gasteiger partial charge on any atom is -0.307 e. The molecule has 2 aromatic carbocycles. The number of nitrogens with zero attached hydrogens (tertiary/aromatic N) is 2. The van der Waals surface area contributed by atoms with Crippen molar-refractivity contribution in [3.63, 3.8) is 0 Å². The van der Waals surface area contributed by atoms with Crippen LogP contribution in [0.1, 0.15) is 70.4 Å².